The molecular weight excluding hydrogens is 390 g/mol. The molecule has 0 radical (unpaired) electrons. The van der Waals surface area contributed by atoms with E-state index in [9.17, 15) is 14.4 Å². The Hall–Kier alpha value is -3.41. The van der Waals surface area contributed by atoms with Gasteiger partial charge in [0.05, 0.1) is 17.5 Å². The van der Waals surface area contributed by atoms with Gasteiger partial charge in [0, 0.05) is 12.2 Å². The van der Waals surface area contributed by atoms with Crippen molar-refractivity contribution < 1.29 is 14.4 Å². The summed E-state index contributed by atoms with van der Waals surface area (Å²) < 4.78 is 0. The summed E-state index contributed by atoms with van der Waals surface area (Å²) in [6.07, 6.45) is 6.23. The van der Waals surface area contributed by atoms with E-state index in [1.807, 2.05) is 43.3 Å². The fourth-order valence-electron chi connectivity index (χ4n) is 5.15. The molecule has 2 aromatic rings. The van der Waals surface area contributed by atoms with Crippen molar-refractivity contribution >= 4 is 29.2 Å². The van der Waals surface area contributed by atoms with E-state index < -0.39 is 0 Å². The summed E-state index contributed by atoms with van der Waals surface area (Å²) in [5, 5.41) is 5.67. The summed E-state index contributed by atoms with van der Waals surface area (Å²) in [7, 11) is 0. The van der Waals surface area contributed by atoms with Crippen molar-refractivity contribution in [3.8, 4) is 0 Å². The van der Waals surface area contributed by atoms with Crippen molar-refractivity contribution in [2.45, 2.75) is 26.3 Å². The highest BCUT2D eigenvalue weighted by Gasteiger charge is 2.56. The third-order valence-electron chi connectivity index (χ3n) is 6.80. The Kier molecular flexibility index (Phi) is 4.85. The van der Waals surface area contributed by atoms with Gasteiger partial charge in [0.1, 0.15) is 0 Å². The second-order valence-corrected chi connectivity index (χ2v) is 8.64. The van der Waals surface area contributed by atoms with E-state index in [-0.39, 0.29) is 41.5 Å². The number of nitrogens with one attached hydrogen (secondary N) is 2. The zero-order valence-corrected chi connectivity index (χ0v) is 17.4. The van der Waals surface area contributed by atoms with Gasteiger partial charge in [-0.3, -0.25) is 14.5 Å². The van der Waals surface area contributed by atoms with Crippen molar-refractivity contribution in [1.29, 1.82) is 0 Å². The molecule has 3 aliphatic carbocycles. The lowest BCUT2D eigenvalue weighted by atomic mass is 9.63. The molecule has 2 N–H and O–H groups in total. The smallest absolute Gasteiger partial charge is 0.319 e. The number of rotatable bonds is 4. The number of anilines is 2. The number of carbonyl (C=O) groups excluding carboxylic acids is 3. The number of fused-ring (bicyclic) bond motifs is 1. The molecule has 0 aromatic heterocycles. The SMILES string of the molecule is Cc1ccccc1NC(=O)NCc1ccc(N2C(=O)C3C4C=CC(CC4)C3C2=O)cc1. The van der Waals surface area contributed by atoms with E-state index in [1.165, 1.54) is 4.90 Å². The van der Waals surface area contributed by atoms with Gasteiger partial charge >= 0.3 is 6.03 Å². The highest BCUT2D eigenvalue weighted by Crippen LogP contribution is 2.50. The average Bonchev–Trinajstić information content (AvgIpc) is 3.08. The number of allylic oxidation sites excluding steroid dienone is 2. The molecule has 2 fully saturated rings. The number of benzene rings is 2. The molecule has 4 amide bonds. The maximum Gasteiger partial charge on any atom is 0.319 e. The molecular formula is C25H25N3O3. The maximum atomic E-state index is 13.0. The molecule has 4 atom stereocenters. The summed E-state index contributed by atoms with van der Waals surface area (Å²) in [4.78, 5) is 39.7. The summed E-state index contributed by atoms with van der Waals surface area (Å²) in [6, 6.07) is 14.6. The van der Waals surface area contributed by atoms with Crippen LogP contribution in [0.5, 0.6) is 0 Å². The first-order valence-corrected chi connectivity index (χ1v) is 10.8. The molecule has 1 heterocycles. The largest absolute Gasteiger partial charge is 0.334 e. The van der Waals surface area contributed by atoms with Crippen molar-refractivity contribution in [3.63, 3.8) is 0 Å². The number of hydrogen-bond acceptors (Lipinski definition) is 3. The van der Waals surface area contributed by atoms with E-state index >= 15 is 0 Å². The van der Waals surface area contributed by atoms with Gasteiger partial charge in [0.2, 0.25) is 11.8 Å². The summed E-state index contributed by atoms with van der Waals surface area (Å²) >= 11 is 0. The highest BCUT2D eigenvalue weighted by molar-refractivity contribution is 6.22. The van der Waals surface area contributed by atoms with Crippen LogP contribution >= 0.6 is 0 Å². The topological polar surface area (TPSA) is 78.5 Å². The summed E-state index contributed by atoms with van der Waals surface area (Å²) in [5.41, 5.74) is 3.26. The minimum absolute atomic E-state index is 0.0717. The minimum atomic E-state index is -0.282. The van der Waals surface area contributed by atoms with Crippen molar-refractivity contribution in [2.24, 2.45) is 23.7 Å². The van der Waals surface area contributed by atoms with Crippen LogP contribution in [0.4, 0.5) is 16.2 Å². The van der Waals surface area contributed by atoms with Crippen LogP contribution in [0.1, 0.15) is 24.0 Å². The van der Waals surface area contributed by atoms with Crippen molar-refractivity contribution in [1.82, 2.24) is 5.32 Å². The number of hydrogen-bond donors (Lipinski definition) is 2. The zero-order chi connectivity index (χ0) is 21.5. The second-order valence-electron chi connectivity index (χ2n) is 8.64. The van der Waals surface area contributed by atoms with Gasteiger partial charge in [0.15, 0.2) is 0 Å². The molecule has 2 bridgehead atoms. The Balaban J connectivity index is 1.23. The molecule has 1 aliphatic heterocycles. The van der Waals surface area contributed by atoms with Crippen LogP contribution in [0.3, 0.4) is 0 Å². The number of nitrogens with zero attached hydrogens (tertiary/aromatic N) is 1. The molecule has 1 saturated heterocycles. The van der Waals surface area contributed by atoms with Gasteiger partial charge in [-0.1, -0.05) is 42.5 Å². The van der Waals surface area contributed by atoms with Gasteiger partial charge in [-0.25, -0.2) is 4.79 Å². The van der Waals surface area contributed by atoms with Crippen LogP contribution in [0.15, 0.2) is 60.7 Å². The number of carbonyl (C=O) groups is 3. The monoisotopic (exact) mass is 415 g/mol. The molecule has 6 rings (SSSR count). The first-order chi connectivity index (χ1) is 15.0. The van der Waals surface area contributed by atoms with E-state index in [0.29, 0.717) is 12.2 Å². The third kappa shape index (κ3) is 3.42. The molecule has 0 spiro atoms. The van der Waals surface area contributed by atoms with Gasteiger partial charge in [-0.2, -0.15) is 0 Å². The van der Waals surface area contributed by atoms with Crippen molar-refractivity contribution in [3.05, 3.63) is 71.8 Å². The van der Waals surface area contributed by atoms with E-state index in [4.69, 9.17) is 0 Å². The molecule has 2 aromatic carbocycles. The molecule has 6 heteroatoms. The van der Waals surface area contributed by atoms with Crippen LogP contribution in [0.25, 0.3) is 0 Å². The Labute approximate surface area is 181 Å². The molecule has 4 aliphatic rings. The standard InChI is InChI=1S/C25H25N3O3/c1-15-4-2-3-5-20(15)27-25(31)26-14-16-6-12-19(13-7-16)28-23(29)21-17-8-9-18(11-10-17)22(21)24(28)30/h2-9,12-13,17-18,21-22H,10-11,14H2,1H3,(H2,26,27,31). The lowest BCUT2D eigenvalue weighted by Crippen LogP contribution is -2.38. The van der Waals surface area contributed by atoms with Gasteiger partial charge in [0.25, 0.3) is 0 Å². The van der Waals surface area contributed by atoms with Crippen LogP contribution in [-0.4, -0.2) is 17.8 Å². The molecule has 158 valence electrons. The Morgan fingerprint density at radius 1 is 0.935 bits per heavy atom. The van der Waals surface area contributed by atoms with Gasteiger partial charge < -0.3 is 10.6 Å². The average molecular weight is 415 g/mol. The lowest BCUT2D eigenvalue weighted by Gasteiger charge is -2.38. The summed E-state index contributed by atoms with van der Waals surface area (Å²) in [5.74, 6) is -0.182. The van der Waals surface area contributed by atoms with Crippen LogP contribution in [-0.2, 0) is 16.1 Å². The Bertz CT molecular complexity index is 1040. The number of para-hydroxylation sites is 1. The molecule has 31 heavy (non-hydrogen) atoms. The normalized spacial score (nSPS) is 26.2. The Morgan fingerprint density at radius 3 is 2.13 bits per heavy atom. The maximum absolute atomic E-state index is 13.0. The lowest BCUT2D eigenvalue weighted by molar-refractivity contribution is -0.124. The first kappa shape index (κ1) is 19.5. The fourth-order valence-corrected chi connectivity index (χ4v) is 5.15. The fraction of sp³-hybridized carbons (Fsp3) is 0.320. The zero-order valence-electron chi connectivity index (χ0n) is 17.4. The predicted molar refractivity (Wildman–Crippen MR) is 118 cm³/mol. The quantitative estimate of drug-likeness (QED) is 0.585. The van der Waals surface area contributed by atoms with Crippen molar-refractivity contribution in [2.75, 3.05) is 10.2 Å². The van der Waals surface area contributed by atoms with Gasteiger partial charge in [-0.15, -0.1) is 0 Å². The predicted octanol–water partition coefficient (Wildman–Crippen LogP) is 4.02. The molecule has 1 saturated carbocycles. The van der Waals surface area contributed by atoms with E-state index in [0.717, 1.165) is 29.7 Å². The number of amides is 4. The first-order valence-electron chi connectivity index (χ1n) is 10.8. The summed E-state index contributed by atoms with van der Waals surface area (Å²) in [6.45, 7) is 2.28. The molecule has 4 unspecified atom stereocenters. The minimum Gasteiger partial charge on any atom is -0.334 e. The van der Waals surface area contributed by atoms with Crippen LogP contribution < -0.4 is 15.5 Å². The Morgan fingerprint density at radius 2 is 1.55 bits per heavy atom. The number of imide groups is 1. The third-order valence-corrected chi connectivity index (χ3v) is 6.80. The molecule has 6 nitrogen and oxygen atoms in total. The van der Waals surface area contributed by atoms with Crippen LogP contribution in [0.2, 0.25) is 0 Å². The van der Waals surface area contributed by atoms with Gasteiger partial charge in [-0.05, 0) is 60.9 Å². The van der Waals surface area contributed by atoms with Crippen LogP contribution in [0, 0.1) is 30.6 Å². The van der Waals surface area contributed by atoms with E-state index in [1.54, 1.807) is 12.1 Å². The number of aryl methyl sites for hydroxylation is 1. The van der Waals surface area contributed by atoms with E-state index in [2.05, 4.69) is 22.8 Å². The second kappa shape index (κ2) is 7.69. The number of urea groups is 1. The highest BCUT2D eigenvalue weighted by atomic mass is 16.2.